The van der Waals surface area contributed by atoms with Crippen LogP contribution in [-0.4, -0.2) is 58.0 Å². The van der Waals surface area contributed by atoms with Crippen LogP contribution in [0.5, 0.6) is 0 Å². The Balaban J connectivity index is 0.000000239. The van der Waals surface area contributed by atoms with Crippen LogP contribution in [0, 0.1) is 18.8 Å². The van der Waals surface area contributed by atoms with E-state index >= 15 is 0 Å². The van der Waals surface area contributed by atoms with Gasteiger partial charge in [-0.15, -0.1) is 0 Å². The first-order valence-corrected chi connectivity index (χ1v) is 21.1. The number of aliphatic hydroxyl groups excluding tert-OH is 1. The van der Waals surface area contributed by atoms with E-state index in [1.165, 1.54) is 6.42 Å². The number of aliphatic hydroxyl groups is 1. The number of piperidine rings is 3. The number of halogens is 3. The first kappa shape index (κ1) is 42.9. The lowest BCUT2D eigenvalue weighted by Gasteiger charge is -2.52. The number of hydrogen-bond donors (Lipinski definition) is 4. The number of pyridine rings is 1. The van der Waals surface area contributed by atoms with Crippen molar-refractivity contribution in [2.24, 2.45) is 11.8 Å². The van der Waals surface area contributed by atoms with Gasteiger partial charge < -0.3 is 15.7 Å². The summed E-state index contributed by atoms with van der Waals surface area (Å²) in [5.41, 5.74) is 3.55. The van der Waals surface area contributed by atoms with E-state index in [-0.39, 0.29) is 36.0 Å². The maximum Gasteiger partial charge on any atom is 0.416 e. The molecule has 0 radical (unpaired) electrons. The Bertz CT molecular complexity index is 2330. The molecule has 4 heterocycles. The predicted molar refractivity (Wildman–Crippen MR) is 224 cm³/mol. The highest BCUT2D eigenvalue weighted by Gasteiger charge is 2.43. The summed E-state index contributed by atoms with van der Waals surface area (Å²) >= 11 is 5.69. The number of Topliss-reactive ketones (excluding diaryl/α,β-unsaturated/α-hetero) is 1. The Hall–Kier alpha value is -4.73. The average molecular weight is 833 g/mol. The zero-order valence-corrected chi connectivity index (χ0v) is 33.8. The monoisotopic (exact) mass is 832 g/mol. The Morgan fingerprint density at radius 1 is 1.00 bits per heavy atom. The number of rotatable bonds is 11. The van der Waals surface area contributed by atoms with Crippen LogP contribution in [0.25, 0.3) is 10.9 Å². The summed E-state index contributed by atoms with van der Waals surface area (Å²) in [5.74, 6) is 0.985. The van der Waals surface area contributed by atoms with Crippen LogP contribution in [0.2, 0.25) is 0 Å². The van der Waals surface area contributed by atoms with Gasteiger partial charge in [0.1, 0.15) is 5.25 Å². The van der Waals surface area contributed by atoms with Gasteiger partial charge in [0.05, 0.1) is 23.7 Å². The molecule has 4 aromatic carbocycles. The summed E-state index contributed by atoms with van der Waals surface area (Å²) in [4.78, 5) is 19.2. The smallest absolute Gasteiger partial charge is 0.392 e. The molecule has 1 aromatic heterocycles. The molecule has 0 spiro atoms. The molecule has 3 aliphatic rings. The minimum absolute atomic E-state index is 0.0763. The Labute approximate surface area is 342 Å². The maximum absolute atomic E-state index is 13.4. The number of aromatic nitrogens is 1. The average Bonchev–Trinajstić information content (AvgIpc) is 3.21. The molecule has 14 heteroatoms. The summed E-state index contributed by atoms with van der Waals surface area (Å²) in [7, 11) is -4.34. The summed E-state index contributed by atoms with van der Waals surface area (Å²) in [6.07, 6.45) is 0.407. The first-order chi connectivity index (χ1) is 27.6. The van der Waals surface area contributed by atoms with Crippen LogP contribution in [-0.2, 0) is 22.9 Å². The normalized spacial score (nSPS) is 20.1. The zero-order chi connectivity index (χ0) is 41.6. The minimum Gasteiger partial charge on any atom is -0.392 e. The zero-order valence-electron chi connectivity index (χ0n) is 32.2. The SMILES string of the molecule is CCC1CN2CCC1CC2[C@H](NC(=S)Nc1cc(C)cc(C(F)(F)F)c1)c1ccnc2ccc(CO)cc12.O=C(CC(c1ccccc1)S(=O)(=O)O)c1ccccc1. The number of fused-ring (bicyclic) bond motifs is 4. The van der Waals surface area contributed by atoms with Crippen LogP contribution >= 0.6 is 12.2 Å². The lowest BCUT2D eigenvalue weighted by molar-refractivity contribution is -0.137. The number of nitrogens with zero attached hydrogens (tertiary/aromatic N) is 2. The second kappa shape index (κ2) is 18.5. The van der Waals surface area contributed by atoms with E-state index in [0.717, 1.165) is 60.1 Å². The molecule has 8 rings (SSSR count). The molecule has 0 saturated carbocycles. The van der Waals surface area contributed by atoms with Gasteiger partial charge in [0.2, 0.25) is 0 Å². The molecule has 58 heavy (non-hydrogen) atoms. The van der Waals surface area contributed by atoms with E-state index in [1.54, 1.807) is 79.9 Å². The molecule has 306 valence electrons. The van der Waals surface area contributed by atoms with E-state index in [9.17, 15) is 36.0 Å². The number of carbonyl (C=O) groups is 1. The largest absolute Gasteiger partial charge is 0.416 e. The Kier molecular flexibility index (Phi) is 13.6. The summed E-state index contributed by atoms with van der Waals surface area (Å²) in [5, 5.41) is 16.2. The lowest BCUT2D eigenvalue weighted by Crippen LogP contribution is -2.58. The molecular weight excluding hydrogens is 786 g/mol. The van der Waals surface area contributed by atoms with Crippen molar-refractivity contribution in [2.45, 2.75) is 69.6 Å². The third kappa shape index (κ3) is 10.5. The summed E-state index contributed by atoms with van der Waals surface area (Å²) in [6.45, 7) is 5.86. The summed E-state index contributed by atoms with van der Waals surface area (Å²) < 4.78 is 72.6. The number of nitrogens with one attached hydrogen (secondary N) is 2. The van der Waals surface area contributed by atoms with Crippen molar-refractivity contribution in [1.82, 2.24) is 15.2 Å². The number of ketones is 1. The molecule has 9 nitrogen and oxygen atoms in total. The minimum atomic E-state index is -4.44. The van der Waals surface area contributed by atoms with Crippen LogP contribution < -0.4 is 10.6 Å². The Morgan fingerprint density at radius 2 is 1.71 bits per heavy atom. The number of hydrogen-bond acceptors (Lipinski definition) is 7. The number of carbonyl (C=O) groups excluding carboxylic acids is 1. The van der Waals surface area contributed by atoms with E-state index in [2.05, 4.69) is 27.4 Å². The number of alkyl halides is 3. The lowest BCUT2D eigenvalue weighted by atomic mass is 9.72. The third-order valence-corrected chi connectivity index (χ3v) is 12.5. The predicted octanol–water partition coefficient (Wildman–Crippen LogP) is 9.09. The topological polar surface area (TPSA) is 132 Å². The highest BCUT2D eigenvalue weighted by molar-refractivity contribution is 7.86. The fraction of sp³-hybridized carbons (Fsp3) is 0.341. The van der Waals surface area contributed by atoms with Gasteiger partial charge in [-0.2, -0.15) is 21.6 Å². The molecule has 4 N–H and O–H groups in total. The van der Waals surface area contributed by atoms with E-state index in [4.69, 9.17) is 12.2 Å². The molecule has 3 aliphatic heterocycles. The highest BCUT2D eigenvalue weighted by Crippen LogP contribution is 2.43. The Morgan fingerprint density at radius 3 is 2.33 bits per heavy atom. The van der Waals surface area contributed by atoms with E-state index in [1.807, 2.05) is 24.3 Å². The van der Waals surface area contributed by atoms with Crippen LogP contribution in [0.4, 0.5) is 18.9 Å². The molecule has 3 saturated heterocycles. The van der Waals surface area contributed by atoms with Crippen molar-refractivity contribution in [3.63, 3.8) is 0 Å². The number of anilines is 1. The van der Waals surface area contributed by atoms with Gasteiger partial charge in [0.25, 0.3) is 10.1 Å². The van der Waals surface area contributed by atoms with Gasteiger partial charge in [0.15, 0.2) is 10.9 Å². The highest BCUT2D eigenvalue weighted by atomic mass is 32.2. The van der Waals surface area contributed by atoms with Gasteiger partial charge in [0, 0.05) is 41.8 Å². The standard InChI is InChI=1S/C29H33F3N4OS.C15H14O4S/c1-3-19-15-36-9-7-20(19)13-26(36)27(23-6-8-33-25-5-4-18(16-37)12-24(23)25)35-28(38)34-22-11-17(2)10-21(14-22)29(30,31)32;16-14(12-7-3-1-4-8-12)11-15(20(17,18)19)13-9-5-2-6-10-13/h4-6,8,10-12,14,19-20,26-27,37H,3,7,9,13,15-16H2,1-2H3,(H2,34,35,38);1-10,15H,11H2,(H,17,18,19)/t19?,20?,26?,27-;/m1./s1. The van der Waals surface area contributed by atoms with E-state index < -0.39 is 27.1 Å². The van der Waals surface area contributed by atoms with Crippen LogP contribution in [0.3, 0.4) is 0 Å². The molecule has 3 fully saturated rings. The fourth-order valence-electron chi connectivity index (χ4n) is 8.25. The fourth-order valence-corrected chi connectivity index (χ4v) is 9.36. The molecule has 0 amide bonds. The van der Waals surface area contributed by atoms with Crippen molar-refractivity contribution in [2.75, 3.05) is 18.4 Å². The molecule has 5 unspecified atom stereocenters. The van der Waals surface area contributed by atoms with Gasteiger partial charge in [-0.3, -0.25) is 19.2 Å². The van der Waals surface area contributed by atoms with Crippen molar-refractivity contribution < 1.29 is 36.0 Å². The van der Waals surface area contributed by atoms with Crippen molar-refractivity contribution in [3.8, 4) is 0 Å². The number of benzene rings is 4. The van der Waals surface area contributed by atoms with Crippen LogP contribution in [0.1, 0.15) is 82.1 Å². The molecule has 6 atom stereocenters. The van der Waals surface area contributed by atoms with Crippen molar-refractivity contribution in [1.29, 1.82) is 0 Å². The number of aryl methyl sites for hydroxylation is 1. The third-order valence-electron chi connectivity index (χ3n) is 11.1. The molecular formula is C44H47F3N4O5S2. The van der Waals surface area contributed by atoms with Gasteiger partial charge in [-0.25, -0.2) is 0 Å². The second-order valence-corrected chi connectivity index (χ2v) is 17.0. The summed E-state index contributed by atoms with van der Waals surface area (Å²) in [6, 6.07) is 28.2. The van der Waals surface area contributed by atoms with E-state index in [0.29, 0.717) is 34.2 Å². The van der Waals surface area contributed by atoms with Crippen molar-refractivity contribution in [3.05, 3.63) is 143 Å². The number of thiocarbonyl (C=S) groups is 1. The second-order valence-electron chi connectivity index (χ2n) is 15.0. The molecule has 2 bridgehead atoms. The quantitative estimate of drug-likeness (QED) is 0.0581. The van der Waals surface area contributed by atoms with Gasteiger partial charge in [-0.1, -0.05) is 80.1 Å². The van der Waals surface area contributed by atoms with Gasteiger partial charge >= 0.3 is 6.18 Å². The van der Waals surface area contributed by atoms with Crippen molar-refractivity contribution >= 4 is 49.8 Å². The molecule has 5 aromatic rings. The van der Waals surface area contributed by atoms with Gasteiger partial charge in [-0.05, 0) is 109 Å². The first-order valence-electron chi connectivity index (χ1n) is 19.2. The molecule has 0 aliphatic carbocycles. The van der Waals surface area contributed by atoms with Crippen LogP contribution in [0.15, 0.2) is 109 Å². The maximum atomic E-state index is 13.4.